The van der Waals surface area contributed by atoms with E-state index in [-0.39, 0.29) is 11.7 Å². The Balaban J connectivity index is 2.18. The maximum atomic E-state index is 12.0. The summed E-state index contributed by atoms with van der Waals surface area (Å²) in [6, 6.07) is 13.8. The Morgan fingerprint density at radius 3 is 2.68 bits per heavy atom. The quantitative estimate of drug-likeness (QED) is 0.429. The highest BCUT2D eigenvalue weighted by molar-refractivity contribution is 9.10. The first-order valence-corrected chi connectivity index (χ1v) is 7.73. The molecule has 0 aliphatic carbocycles. The van der Waals surface area contributed by atoms with Gasteiger partial charge in [0, 0.05) is 15.4 Å². The van der Waals surface area contributed by atoms with E-state index in [1.165, 1.54) is 0 Å². The molecule has 0 radical (unpaired) electrons. The number of carbonyl (C=O) groups is 1. The van der Waals surface area contributed by atoms with Gasteiger partial charge < -0.3 is 0 Å². The molecule has 2 aromatic rings. The summed E-state index contributed by atoms with van der Waals surface area (Å²) in [5.74, 6) is -0.0770. The van der Waals surface area contributed by atoms with Gasteiger partial charge in [0.05, 0.1) is 33.4 Å². The molecule has 19 heavy (non-hydrogen) atoms. The molecule has 5 heteroatoms. The Kier molecular flexibility index (Phi) is 3.56. The summed E-state index contributed by atoms with van der Waals surface area (Å²) >= 11 is 10.9. The second-order valence-electron chi connectivity index (χ2n) is 4.06. The number of ketones is 1. The van der Waals surface area contributed by atoms with Gasteiger partial charge in [0.15, 0.2) is 5.78 Å². The first kappa shape index (κ1) is 13.0. The van der Waals surface area contributed by atoms with Gasteiger partial charge >= 0.3 is 0 Å². The molecule has 0 spiro atoms. The number of rotatable bonds is 2. The molecule has 0 unspecified atom stereocenters. The Bertz CT molecular complexity index is 662. The molecular formula is C14H9BrClNOS. The summed E-state index contributed by atoms with van der Waals surface area (Å²) in [7, 11) is 0. The van der Waals surface area contributed by atoms with Crippen LogP contribution in [0.3, 0.4) is 0 Å². The molecule has 1 aliphatic heterocycles. The number of carbonyl (C=O) groups excluding carboxylic acids is 1. The fraction of sp³-hybridized carbons (Fsp3) is 0.0714. The van der Waals surface area contributed by atoms with Crippen molar-refractivity contribution in [2.75, 3.05) is 9.81 Å². The van der Waals surface area contributed by atoms with E-state index in [4.69, 9.17) is 11.6 Å². The lowest BCUT2D eigenvalue weighted by molar-refractivity contribution is 0.102. The average molecular weight is 355 g/mol. The van der Waals surface area contributed by atoms with Gasteiger partial charge in [-0.2, -0.15) is 0 Å². The number of Topliss-reactive ketones (excluding diaryl/α,β-unsaturated/α-hetero) is 1. The maximum absolute atomic E-state index is 12.0. The predicted molar refractivity (Wildman–Crippen MR) is 83.1 cm³/mol. The number of hydrogen-bond donors (Lipinski definition) is 0. The van der Waals surface area contributed by atoms with Crippen LogP contribution in [0.5, 0.6) is 0 Å². The zero-order chi connectivity index (χ0) is 13.4. The van der Waals surface area contributed by atoms with Crippen molar-refractivity contribution in [2.24, 2.45) is 0 Å². The van der Waals surface area contributed by atoms with Crippen LogP contribution in [0.4, 0.5) is 11.4 Å². The van der Waals surface area contributed by atoms with Crippen LogP contribution in [0.15, 0.2) is 52.3 Å². The molecule has 2 nitrogen and oxygen atoms in total. The van der Waals surface area contributed by atoms with E-state index in [0.717, 1.165) is 21.2 Å². The lowest BCUT2D eigenvalue weighted by atomic mass is 10.1. The highest BCUT2D eigenvalue weighted by Crippen LogP contribution is 2.50. The number of anilines is 2. The minimum Gasteiger partial charge on any atom is -0.293 e. The molecule has 0 saturated carbocycles. The summed E-state index contributed by atoms with van der Waals surface area (Å²) in [6.07, 6.45) is 0. The number of para-hydroxylation sites is 2. The van der Waals surface area contributed by atoms with Gasteiger partial charge in [0.25, 0.3) is 0 Å². The fourth-order valence-electron chi connectivity index (χ4n) is 2.05. The van der Waals surface area contributed by atoms with Gasteiger partial charge in [-0.1, -0.05) is 30.0 Å². The van der Waals surface area contributed by atoms with Crippen LogP contribution in [0.2, 0.25) is 0 Å². The van der Waals surface area contributed by atoms with E-state index < -0.39 is 0 Å². The molecule has 0 fully saturated rings. The maximum Gasteiger partial charge on any atom is 0.179 e. The number of hydrogen-bond acceptors (Lipinski definition) is 3. The van der Waals surface area contributed by atoms with Gasteiger partial charge in [-0.05, 0) is 24.3 Å². The van der Waals surface area contributed by atoms with Crippen molar-refractivity contribution < 1.29 is 4.79 Å². The lowest BCUT2D eigenvalue weighted by Gasteiger charge is -2.28. The lowest BCUT2D eigenvalue weighted by Crippen LogP contribution is -2.13. The van der Waals surface area contributed by atoms with Crippen molar-refractivity contribution in [3.63, 3.8) is 0 Å². The fourth-order valence-corrected chi connectivity index (χ4v) is 4.21. The van der Waals surface area contributed by atoms with Crippen molar-refractivity contribution in [3.8, 4) is 0 Å². The van der Waals surface area contributed by atoms with Gasteiger partial charge in [0.1, 0.15) is 0 Å². The molecule has 96 valence electrons. The molecule has 2 aromatic carbocycles. The number of alkyl halides is 1. The third kappa shape index (κ3) is 2.18. The van der Waals surface area contributed by atoms with Crippen molar-refractivity contribution in [1.29, 1.82) is 0 Å². The third-order valence-electron chi connectivity index (χ3n) is 2.91. The highest BCUT2D eigenvalue weighted by Gasteiger charge is 2.26. The Labute approximate surface area is 129 Å². The topological polar surface area (TPSA) is 20.3 Å². The van der Waals surface area contributed by atoms with E-state index in [1.54, 1.807) is 11.8 Å². The molecule has 1 heterocycles. The van der Waals surface area contributed by atoms with Crippen molar-refractivity contribution in [2.45, 2.75) is 9.79 Å². The largest absolute Gasteiger partial charge is 0.293 e. The van der Waals surface area contributed by atoms with Gasteiger partial charge in [-0.3, -0.25) is 8.72 Å². The third-order valence-corrected chi connectivity index (χ3v) is 5.01. The smallest absolute Gasteiger partial charge is 0.179 e. The average Bonchev–Trinajstić information content (AvgIpc) is 2.46. The van der Waals surface area contributed by atoms with Crippen LogP contribution in [-0.4, -0.2) is 11.7 Å². The SMILES string of the molecule is O=C(CCl)c1cccc2c1N(Br)c1ccccc1S2. The summed E-state index contributed by atoms with van der Waals surface area (Å²) in [5.41, 5.74) is 2.55. The van der Waals surface area contributed by atoms with Crippen LogP contribution >= 0.6 is 39.5 Å². The summed E-state index contributed by atoms with van der Waals surface area (Å²) in [6.45, 7) is 0. The Morgan fingerprint density at radius 2 is 1.89 bits per heavy atom. The second kappa shape index (κ2) is 5.19. The van der Waals surface area contributed by atoms with E-state index in [9.17, 15) is 4.79 Å². The van der Waals surface area contributed by atoms with E-state index in [2.05, 4.69) is 22.2 Å². The van der Waals surface area contributed by atoms with Crippen molar-refractivity contribution in [1.82, 2.24) is 0 Å². The summed E-state index contributed by atoms with van der Waals surface area (Å²) in [5, 5.41) is 0. The van der Waals surface area contributed by atoms with E-state index >= 15 is 0 Å². The predicted octanol–water partition coefficient (Wildman–Crippen LogP) is 5.02. The minimum atomic E-state index is -0.0667. The zero-order valence-corrected chi connectivity index (χ0v) is 12.9. The van der Waals surface area contributed by atoms with Gasteiger partial charge in [0.2, 0.25) is 0 Å². The van der Waals surface area contributed by atoms with Crippen LogP contribution in [0, 0.1) is 0 Å². The first-order chi connectivity index (χ1) is 9.22. The standard InChI is InChI=1S/C14H9BrClNOS/c15-17-10-5-1-2-6-12(10)19-13-7-3-4-9(14(13)17)11(18)8-16/h1-7H,8H2. The van der Waals surface area contributed by atoms with Gasteiger partial charge in [-0.15, -0.1) is 11.6 Å². The van der Waals surface area contributed by atoms with Crippen LogP contribution < -0.4 is 3.93 Å². The zero-order valence-electron chi connectivity index (χ0n) is 9.77. The number of halogens is 2. The molecule has 0 amide bonds. The highest BCUT2D eigenvalue weighted by atomic mass is 79.9. The summed E-state index contributed by atoms with van der Waals surface area (Å²) in [4.78, 5) is 14.2. The molecular weight excluding hydrogens is 346 g/mol. The molecule has 0 atom stereocenters. The molecule has 0 saturated heterocycles. The van der Waals surface area contributed by atoms with Crippen LogP contribution in [-0.2, 0) is 0 Å². The number of fused-ring (bicyclic) bond motifs is 2. The number of nitrogens with zero attached hydrogens (tertiary/aromatic N) is 1. The van der Waals surface area contributed by atoms with Crippen LogP contribution in [0.1, 0.15) is 10.4 Å². The molecule has 0 N–H and O–H groups in total. The summed E-state index contributed by atoms with van der Waals surface area (Å²) < 4.78 is 1.88. The molecule has 1 aliphatic rings. The molecule has 3 rings (SSSR count). The Morgan fingerprint density at radius 1 is 1.16 bits per heavy atom. The number of benzene rings is 2. The van der Waals surface area contributed by atoms with Crippen molar-refractivity contribution in [3.05, 3.63) is 48.0 Å². The molecule has 0 bridgehead atoms. The van der Waals surface area contributed by atoms with E-state index in [1.807, 2.05) is 40.3 Å². The first-order valence-electron chi connectivity index (χ1n) is 5.67. The normalized spacial score (nSPS) is 12.8. The van der Waals surface area contributed by atoms with E-state index in [0.29, 0.717) is 5.56 Å². The van der Waals surface area contributed by atoms with Gasteiger partial charge in [-0.25, -0.2) is 0 Å². The van der Waals surface area contributed by atoms with Crippen LogP contribution in [0.25, 0.3) is 0 Å². The second-order valence-corrected chi connectivity index (χ2v) is 6.12. The Hall–Kier alpha value is -0.970. The monoisotopic (exact) mass is 353 g/mol. The van der Waals surface area contributed by atoms with Crippen molar-refractivity contribution >= 4 is 56.7 Å². The minimum absolute atomic E-state index is 0.0103. The molecule has 0 aromatic heterocycles.